The molecule has 0 radical (unpaired) electrons. The first-order valence-corrected chi connectivity index (χ1v) is 4.31. The first kappa shape index (κ1) is 10.3. The Bertz CT molecular complexity index is 436. The molecule has 0 aliphatic heterocycles. The minimum absolute atomic E-state index is 0.392. The van der Waals surface area contributed by atoms with Gasteiger partial charge in [0.25, 0.3) is 0 Å². The minimum atomic E-state index is 0.392. The summed E-state index contributed by atoms with van der Waals surface area (Å²) in [7, 11) is 0. The van der Waals surface area contributed by atoms with Gasteiger partial charge >= 0.3 is 0 Å². The number of rotatable bonds is 4. The fraction of sp³-hybridized carbons (Fsp3) is 0. The van der Waals surface area contributed by atoms with E-state index >= 15 is 0 Å². The normalized spacial score (nSPS) is 11.9. The highest BCUT2D eigenvalue weighted by atomic mass is 32.1. The maximum absolute atomic E-state index is 4.83. The first-order valence-electron chi connectivity index (χ1n) is 3.90. The van der Waals surface area contributed by atoms with Crippen LogP contribution in [0.2, 0.25) is 0 Å². The topological polar surface area (TPSA) is 56.8 Å². The zero-order valence-corrected chi connectivity index (χ0v) is 8.34. The van der Waals surface area contributed by atoms with E-state index in [0.717, 1.165) is 0 Å². The molecule has 14 heavy (non-hydrogen) atoms. The van der Waals surface area contributed by atoms with Gasteiger partial charge in [-0.05, 0) is 18.3 Å². The van der Waals surface area contributed by atoms with Crippen molar-refractivity contribution in [2.75, 3.05) is 0 Å². The molecule has 4 nitrogen and oxygen atoms in total. The predicted octanol–water partition coefficient (Wildman–Crippen LogP) is 2.25. The van der Waals surface area contributed by atoms with Crippen LogP contribution in [0.5, 0.6) is 0 Å². The third-order valence-electron chi connectivity index (χ3n) is 1.34. The smallest absolute Gasteiger partial charge is 0.213 e. The maximum atomic E-state index is 4.83. The monoisotopic (exact) mass is 206 g/mol. The maximum Gasteiger partial charge on any atom is 0.213 e. The molecule has 1 aromatic heterocycles. The van der Waals surface area contributed by atoms with Gasteiger partial charge in [-0.3, -0.25) is 15.2 Å². The number of hydrogen-bond donors (Lipinski definition) is 2. The lowest BCUT2D eigenvalue weighted by Gasteiger charge is -1.92. The molecular formula is C9H10N4S. The summed E-state index contributed by atoms with van der Waals surface area (Å²) in [5, 5.41) is 5.48. The van der Waals surface area contributed by atoms with Gasteiger partial charge in [0.2, 0.25) is 4.77 Å². The Labute approximate surface area is 86.8 Å². The Morgan fingerprint density at radius 2 is 2.14 bits per heavy atom. The fourth-order valence-corrected chi connectivity index (χ4v) is 0.961. The third kappa shape index (κ3) is 2.63. The van der Waals surface area contributed by atoms with Crippen molar-refractivity contribution in [3.8, 4) is 0 Å². The molecule has 1 rings (SSSR count). The van der Waals surface area contributed by atoms with E-state index in [1.807, 2.05) is 0 Å². The van der Waals surface area contributed by atoms with Crippen molar-refractivity contribution < 1.29 is 0 Å². The van der Waals surface area contributed by atoms with Crippen LogP contribution in [0.15, 0.2) is 36.4 Å². The molecule has 0 fully saturated rings. The lowest BCUT2D eigenvalue weighted by Crippen LogP contribution is -1.84. The van der Waals surface area contributed by atoms with Crippen LogP contribution in [0.4, 0.5) is 0 Å². The second-order valence-electron chi connectivity index (χ2n) is 2.32. The molecule has 0 saturated heterocycles. The van der Waals surface area contributed by atoms with Crippen LogP contribution in [0, 0.1) is 4.77 Å². The Balaban J connectivity index is 3.06. The Morgan fingerprint density at radius 3 is 2.64 bits per heavy atom. The van der Waals surface area contributed by atoms with Gasteiger partial charge in [-0.1, -0.05) is 25.3 Å². The summed E-state index contributed by atoms with van der Waals surface area (Å²) in [6, 6.07) is 0. The number of nitrogens with zero attached hydrogens (tertiary/aromatic N) is 2. The number of nitrogens with one attached hydrogen (secondary N) is 2. The van der Waals surface area contributed by atoms with E-state index < -0.39 is 0 Å². The zero-order chi connectivity index (χ0) is 10.4. The van der Waals surface area contributed by atoms with Crippen LogP contribution >= 0.6 is 12.2 Å². The molecule has 0 aliphatic rings. The van der Waals surface area contributed by atoms with Crippen molar-refractivity contribution in [1.82, 2.24) is 15.2 Å². The van der Waals surface area contributed by atoms with E-state index in [1.165, 1.54) is 0 Å². The Morgan fingerprint density at radius 1 is 1.36 bits per heavy atom. The highest BCUT2D eigenvalue weighted by Gasteiger charge is 2.00. The van der Waals surface area contributed by atoms with Crippen LogP contribution in [0.1, 0.15) is 5.82 Å². The SMILES string of the molecule is C=CC=N/C(=C\C=C)c1nc(=S)[nH][nH]1. The predicted molar refractivity (Wildman–Crippen MR) is 60.6 cm³/mol. The number of allylic oxidation sites excluding steroid dienone is 3. The average molecular weight is 206 g/mol. The van der Waals surface area contributed by atoms with E-state index in [2.05, 4.69) is 33.3 Å². The van der Waals surface area contributed by atoms with E-state index in [0.29, 0.717) is 16.3 Å². The van der Waals surface area contributed by atoms with E-state index in [4.69, 9.17) is 12.2 Å². The molecular weight excluding hydrogens is 196 g/mol. The van der Waals surface area contributed by atoms with Crippen LogP contribution < -0.4 is 0 Å². The van der Waals surface area contributed by atoms with Gasteiger partial charge in [0.15, 0.2) is 5.82 Å². The summed E-state index contributed by atoms with van der Waals surface area (Å²) in [4.78, 5) is 8.12. The second-order valence-corrected chi connectivity index (χ2v) is 2.70. The van der Waals surface area contributed by atoms with Crippen LogP contribution in [-0.2, 0) is 0 Å². The van der Waals surface area contributed by atoms with Crippen molar-refractivity contribution in [2.24, 2.45) is 4.99 Å². The van der Waals surface area contributed by atoms with Gasteiger partial charge in [0.1, 0.15) is 5.70 Å². The van der Waals surface area contributed by atoms with Crippen LogP contribution in [-0.4, -0.2) is 21.4 Å². The minimum Gasteiger partial charge on any atom is -0.280 e. The highest BCUT2D eigenvalue weighted by Crippen LogP contribution is 2.09. The lowest BCUT2D eigenvalue weighted by molar-refractivity contribution is 1.06. The number of aliphatic imine (C=N–C) groups is 1. The summed E-state index contributed by atoms with van der Waals surface area (Å²) in [6.45, 7) is 7.12. The number of hydrogen-bond acceptors (Lipinski definition) is 3. The standard InChI is InChI=1S/C9H10N4S/c1-3-5-7(10-6-4-2)8-11-9(14)13-12-8/h3-6H,1-2H2,(H2,11,12,13,14)/b7-5-,10-6?. The van der Waals surface area contributed by atoms with Gasteiger partial charge in [0.05, 0.1) is 0 Å². The average Bonchev–Trinajstić information content (AvgIpc) is 2.59. The van der Waals surface area contributed by atoms with E-state index in [9.17, 15) is 0 Å². The molecule has 0 amide bonds. The number of aromatic amines is 2. The zero-order valence-electron chi connectivity index (χ0n) is 7.53. The van der Waals surface area contributed by atoms with Crippen molar-refractivity contribution in [1.29, 1.82) is 0 Å². The third-order valence-corrected chi connectivity index (χ3v) is 1.53. The number of aromatic nitrogens is 3. The number of H-pyrrole nitrogens is 2. The van der Waals surface area contributed by atoms with Gasteiger partial charge in [-0.15, -0.1) is 0 Å². The molecule has 0 spiro atoms. The molecule has 0 saturated carbocycles. The van der Waals surface area contributed by atoms with Crippen molar-refractivity contribution >= 4 is 24.1 Å². The van der Waals surface area contributed by atoms with Gasteiger partial charge in [0, 0.05) is 6.21 Å². The van der Waals surface area contributed by atoms with E-state index in [-0.39, 0.29) is 0 Å². The molecule has 1 heterocycles. The fourth-order valence-electron chi connectivity index (χ4n) is 0.819. The van der Waals surface area contributed by atoms with Gasteiger partial charge in [-0.2, -0.15) is 4.98 Å². The molecule has 0 atom stereocenters. The second kappa shape index (κ2) is 5.08. The first-order chi connectivity index (χ1) is 6.77. The summed E-state index contributed by atoms with van der Waals surface area (Å²) >= 11 is 4.83. The summed E-state index contributed by atoms with van der Waals surface area (Å²) in [6.07, 6.45) is 6.50. The Hall–Kier alpha value is -1.75. The van der Waals surface area contributed by atoms with Crippen molar-refractivity contribution in [2.45, 2.75) is 0 Å². The molecule has 0 aliphatic carbocycles. The Kier molecular flexibility index (Phi) is 3.75. The molecule has 1 aromatic rings. The summed E-state index contributed by atoms with van der Waals surface area (Å²) < 4.78 is 0.392. The van der Waals surface area contributed by atoms with Crippen LogP contribution in [0.3, 0.4) is 0 Å². The van der Waals surface area contributed by atoms with E-state index in [1.54, 1.807) is 24.4 Å². The molecule has 0 aromatic carbocycles. The molecule has 2 N–H and O–H groups in total. The van der Waals surface area contributed by atoms with Gasteiger partial charge < -0.3 is 0 Å². The largest absolute Gasteiger partial charge is 0.280 e. The van der Waals surface area contributed by atoms with Crippen molar-refractivity contribution in [3.63, 3.8) is 0 Å². The highest BCUT2D eigenvalue weighted by molar-refractivity contribution is 7.71. The molecule has 0 bridgehead atoms. The van der Waals surface area contributed by atoms with Gasteiger partial charge in [-0.25, -0.2) is 0 Å². The molecule has 0 unspecified atom stereocenters. The van der Waals surface area contributed by atoms with Crippen molar-refractivity contribution in [3.05, 3.63) is 42.0 Å². The molecule has 72 valence electrons. The lowest BCUT2D eigenvalue weighted by atomic mass is 10.4. The molecule has 5 heteroatoms. The summed E-state index contributed by atoms with van der Waals surface area (Å²) in [5.74, 6) is 0.577. The summed E-state index contributed by atoms with van der Waals surface area (Å²) in [5.41, 5.74) is 0.646. The van der Waals surface area contributed by atoms with Crippen LogP contribution in [0.25, 0.3) is 5.70 Å². The quantitative estimate of drug-likeness (QED) is 0.451.